The number of fused-ring (bicyclic) bond motifs is 2. The van der Waals surface area contributed by atoms with Crippen LogP contribution in [0.15, 0.2) is 53.4 Å². The van der Waals surface area contributed by atoms with Crippen LogP contribution in [0, 0.1) is 11.8 Å². The Morgan fingerprint density at radius 3 is 2.62 bits per heavy atom. The second kappa shape index (κ2) is 14.2. The van der Waals surface area contributed by atoms with E-state index in [1.54, 1.807) is 44.2 Å². The lowest BCUT2D eigenvalue weighted by atomic mass is 9.80. The molecular weight excluding hydrogens is 630 g/mol. The van der Waals surface area contributed by atoms with Crippen molar-refractivity contribution in [3.63, 3.8) is 0 Å². The summed E-state index contributed by atoms with van der Waals surface area (Å²) >= 11 is 0. The maximum Gasteiger partial charge on any atom is 0.491 e. The number of carbonyl (C=O) groups excluding carboxylic acids is 1. The molecule has 2 aromatic rings. The van der Waals surface area contributed by atoms with Gasteiger partial charge in [-0.15, -0.1) is 0 Å². The standard InChI is InChI=1S/C28H38BN2O12PS/c1-18(2)14-31(45(37,38)21-8-9-23-20(13-21)16-41-29(23)33)15-25(43-44(34,35)36)24(12-19-6-4-3-5-7-19)30-28(32)42-26-17-40-27-22(26)10-11-39-27/h3-9,13,18,22,24-27,33H,10-12,14-17H2,1-2H3,(H,30,32)(H2,34,35,36)/t22-,24?,25+,26-,27+/m0/s1. The molecule has 2 aromatic carbocycles. The van der Waals surface area contributed by atoms with Crippen molar-refractivity contribution in [2.45, 2.75) is 62.7 Å². The van der Waals surface area contributed by atoms with Crippen molar-refractivity contribution in [2.24, 2.45) is 11.8 Å². The molecule has 17 heteroatoms. The van der Waals surface area contributed by atoms with E-state index in [0.29, 0.717) is 29.6 Å². The second-order valence-corrected chi connectivity index (χ2v) is 14.9. The number of carbonyl (C=O) groups is 1. The van der Waals surface area contributed by atoms with Crippen molar-refractivity contribution in [1.82, 2.24) is 9.62 Å². The molecule has 0 saturated carbocycles. The van der Waals surface area contributed by atoms with Crippen LogP contribution >= 0.6 is 7.82 Å². The Bertz CT molecular complexity index is 1490. The van der Waals surface area contributed by atoms with E-state index >= 15 is 0 Å². The summed E-state index contributed by atoms with van der Waals surface area (Å²) in [5, 5.41) is 12.7. The zero-order chi connectivity index (χ0) is 32.4. The molecule has 3 aliphatic heterocycles. The summed E-state index contributed by atoms with van der Waals surface area (Å²) < 4.78 is 68.6. The van der Waals surface area contributed by atoms with Gasteiger partial charge >= 0.3 is 21.0 Å². The monoisotopic (exact) mass is 668 g/mol. The number of hydrogen-bond donors (Lipinski definition) is 4. The molecule has 5 atom stereocenters. The second-order valence-electron chi connectivity index (χ2n) is 11.8. The van der Waals surface area contributed by atoms with Crippen molar-refractivity contribution >= 4 is 36.5 Å². The first kappa shape index (κ1) is 34.0. The number of nitrogens with zero attached hydrogens (tertiary/aromatic N) is 1. The van der Waals surface area contributed by atoms with Crippen LogP contribution in [0.1, 0.15) is 31.4 Å². The molecular formula is C28H38BN2O12PS. The lowest BCUT2D eigenvalue weighted by Gasteiger charge is -2.33. The van der Waals surface area contributed by atoms with Gasteiger partial charge in [0, 0.05) is 13.1 Å². The predicted molar refractivity (Wildman–Crippen MR) is 160 cm³/mol. The van der Waals surface area contributed by atoms with Gasteiger partial charge in [0.1, 0.15) is 12.2 Å². The van der Waals surface area contributed by atoms with Gasteiger partial charge in [0.2, 0.25) is 10.0 Å². The number of phosphoric acid groups is 1. The average molecular weight is 668 g/mol. The number of phosphoric ester groups is 1. The highest BCUT2D eigenvalue weighted by Crippen LogP contribution is 2.39. The lowest BCUT2D eigenvalue weighted by Crippen LogP contribution is -2.52. The van der Waals surface area contributed by atoms with Crippen molar-refractivity contribution < 1.29 is 56.0 Å². The third kappa shape index (κ3) is 8.52. The molecule has 0 spiro atoms. The van der Waals surface area contributed by atoms with E-state index in [1.807, 2.05) is 0 Å². The van der Waals surface area contributed by atoms with Crippen LogP contribution in [0.2, 0.25) is 0 Å². The normalized spacial score (nSPS) is 22.8. The topological polar surface area (TPSA) is 190 Å². The molecule has 5 rings (SSSR count). The Balaban J connectivity index is 1.44. The first-order valence-electron chi connectivity index (χ1n) is 14.7. The largest absolute Gasteiger partial charge is 0.491 e. The molecule has 3 aliphatic rings. The quantitative estimate of drug-likeness (QED) is 0.176. The average Bonchev–Trinajstić information content (AvgIpc) is 3.69. The number of hydrogen-bond acceptors (Lipinski definition) is 10. The lowest BCUT2D eigenvalue weighted by molar-refractivity contribution is -0.0907. The Labute approximate surface area is 262 Å². The zero-order valence-electron chi connectivity index (χ0n) is 24.9. The van der Waals surface area contributed by atoms with E-state index < -0.39 is 62.1 Å². The van der Waals surface area contributed by atoms with Gasteiger partial charge in [0.05, 0.1) is 36.7 Å². The first-order valence-corrected chi connectivity index (χ1v) is 17.7. The fourth-order valence-electron chi connectivity index (χ4n) is 5.82. The smallest absolute Gasteiger partial charge is 0.443 e. The Hall–Kier alpha value is -2.37. The fraction of sp³-hybridized carbons (Fsp3) is 0.536. The molecule has 0 radical (unpaired) electrons. The maximum absolute atomic E-state index is 14.0. The summed E-state index contributed by atoms with van der Waals surface area (Å²) in [5.74, 6) is -0.333. The molecule has 246 valence electrons. The van der Waals surface area contributed by atoms with E-state index in [2.05, 4.69) is 5.32 Å². The summed E-state index contributed by atoms with van der Waals surface area (Å²) in [6.45, 7) is 3.71. The van der Waals surface area contributed by atoms with E-state index in [9.17, 15) is 32.6 Å². The van der Waals surface area contributed by atoms with Crippen molar-refractivity contribution in [3.05, 3.63) is 59.7 Å². The molecule has 0 bridgehead atoms. The molecule has 1 unspecified atom stereocenters. The third-order valence-electron chi connectivity index (χ3n) is 7.93. The molecule has 3 heterocycles. The van der Waals surface area contributed by atoms with E-state index in [1.165, 1.54) is 18.2 Å². The Morgan fingerprint density at radius 2 is 1.91 bits per heavy atom. The van der Waals surface area contributed by atoms with Crippen LogP contribution in [0.5, 0.6) is 0 Å². The highest BCUT2D eigenvalue weighted by atomic mass is 32.2. The number of alkyl carbamates (subject to hydrolysis) is 1. The summed E-state index contributed by atoms with van der Waals surface area (Å²) in [4.78, 5) is 33.0. The molecule has 45 heavy (non-hydrogen) atoms. The number of rotatable bonds is 13. The molecule has 4 N–H and O–H groups in total. The number of sulfonamides is 1. The molecule has 0 aromatic heterocycles. The summed E-state index contributed by atoms with van der Waals surface area (Å²) in [6.07, 6.45) is -2.73. The van der Waals surface area contributed by atoms with Crippen LogP contribution in [0.3, 0.4) is 0 Å². The first-order chi connectivity index (χ1) is 21.3. The summed E-state index contributed by atoms with van der Waals surface area (Å²) in [6, 6.07) is 12.0. The predicted octanol–water partition coefficient (Wildman–Crippen LogP) is 1.13. The SMILES string of the molecule is CC(C)CN(C[C@@H](OP(=O)(O)O)C(Cc1ccccc1)NC(=O)O[C@H]1CO[C@H]2OCC[C@H]21)S(=O)(=O)c1ccc2c(c1)COB2O. The minimum Gasteiger partial charge on any atom is -0.443 e. The van der Waals surface area contributed by atoms with Gasteiger partial charge in [-0.3, -0.25) is 4.52 Å². The number of nitrogens with one attached hydrogen (secondary N) is 1. The van der Waals surface area contributed by atoms with Gasteiger partial charge in [0.15, 0.2) is 6.29 Å². The number of amides is 1. The van der Waals surface area contributed by atoms with Crippen LogP contribution in [-0.4, -0.2) is 91.6 Å². The van der Waals surface area contributed by atoms with Gasteiger partial charge in [0.25, 0.3) is 0 Å². The van der Waals surface area contributed by atoms with Crippen LogP contribution in [-0.2, 0) is 51.0 Å². The summed E-state index contributed by atoms with van der Waals surface area (Å²) in [5.41, 5.74) is 1.67. The van der Waals surface area contributed by atoms with E-state index in [-0.39, 0.29) is 42.9 Å². The Morgan fingerprint density at radius 1 is 1.16 bits per heavy atom. The molecule has 0 aliphatic carbocycles. The van der Waals surface area contributed by atoms with Crippen LogP contribution in [0.25, 0.3) is 0 Å². The van der Waals surface area contributed by atoms with Crippen molar-refractivity contribution in [3.8, 4) is 0 Å². The van der Waals surface area contributed by atoms with Crippen LogP contribution in [0.4, 0.5) is 4.79 Å². The highest BCUT2D eigenvalue weighted by molar-refractivity contribution is 7.89. The van der Waals surface area contributed by atoms with Gasteiger partial charge in [-0.25, -0.2) is 17.8 Å². The van der Waals surface area contributed by atoms with Gasteiger partial charge in [-0.05, 0) is 47.5 Å². The minimum atomic E-state index is -5.19. The van der Waals surface area contributed by atoms with Gasteiger partial charge in [-0.1, -0.05) is 50.2 Å². The van der Waals surface area contributed by atoms with Crippen molar-refractivity contribution in [2.75, 3.05) is 26.3 Å². The van der Waals surface area contributed by atoms with E-state index in [0.717, 1.165) is 4.31 Å². The molecule has 2 saturated heterocycles. The minimum absolute atomic E-state index is 0.0233. The maximum atomic E-state index is 14.0. The molecule has 1 amide bonds. The highest BCUT2D eigenvalue weighted by Gasteiger charge is 2.44. The Kier molecular flexibility index (Phi) is 10.7. The molecule has 2 fully saturated rings. The summed E-state index contributed by atoms with van der Waals surface area (Å²) in [7, 11) is -10.6. The molecule has 14 nitrogen and oxygen atoms in total. The van der Waals surface area contributed by atoms with Crippen LogP contribution < -0.4 is 10.8 Å². The number of ether oxygens (including phenoxy) is 3. The van der Waals surface area contributed by atoms with E-state index in [4.69, 9.17) is 23.4 Å². The van der Waals surface area contributed by atoms with Crippen molar-refractivity contribution in [1.29, 1.82) is 0 Å². The zero-order valence-corrected chi connectivity index (χ0v) is 26.6. The van der Waals surface area contributed by atoms with Gasteiger partial charge < -0.3 is 39.0 Å². The van der Waals surface area contributed by atoms with Gasteiger partial charge in [-0.2, -0.15) is 4.31 Å². The number of benzene rings is 2. The fourth-order valence-corrected chi connectivity index (χ4v) is 8.05. The third-order valence-corrected chi connectivity index (χ3v) is 10.3.